The second kappa shape index (κ2) is 6.29. The molecule has 0 saturated heterocycles. The van der Waals surface area contributed by atoms with Gasteiger partial charge in [0.05, 0.1) is 6.54 Å². The van der Waals surface area contributed by atoms with Crippen LogP contribution in [-0.2, 0) is 6.54 Å². The van der Waals surface area contributed by atoms with Crippen molar-refractivity contribution in [3.05, 3.63) is 41.2 Å². The molecule has 1 heterocycles. The molecule has 0 atom stereocenters. The number of rotatable bonds is 6. The maximum Gasteiger partial charge on any atom is 0.358 e. The van der Waals surface area contributed by atoms with Gasteiger partial charge in [-0.05, 0) is 18.6 Å². The predicted molar refractivity (Wildman–Crippen MR) is 68.6 cm³/mol. The molecular weight excluding hydrogens is 284 g/mol. The molecule has 2 aromatic rings. The topological polar surface area (TPSA) is 77.2 Å². The van der Waals surface area contributed by atoms with Crippen molar-refractivity contribution in [1.82, 2.24) is 15.0 Å². The van der Waals surface area contributed by atoms with Crippen molar-refractivity contribution in [1.29, 1.82) is 0 Å². The van der Waals surface area contributed by atoms with Crippen LogP contribution < -0.4 is 4.74 Å². The summed E-state index contributed by atoms with van der Waals surface area (Å²) in [7, 11) is 0. The van der Waals surface area contributed by atoms with Gasteiger partial charge in [0.1, 0.15) is 18.1 Å². The number of nitrogens with zero attached hydrogens (tertiary/aromatic N) is 3. The van der Waals surface area contributed by atoms with Gasteiger partial charge in [-0.1, -0.05) is 23.4 Å². The molecule has 0 saturated carbocycles. The second-order valence-corrected chi connectivity index (χ2v) is 4.27. The first-order valence-electron chi connectivity index (χ1n) is 6.14. The summed E-state index contributed by atoms with van der Waals surface area (Å²) in [4.78, 5) is 10.8. The third kappa shape index (κ3) is 3.33. The Morgan fingerprint density at radius 3 is 2.76 bits per heavy atom. The first-order valence-corrected chi connectivity index (χ1v) is 6.14. The van der Waals surface area contributed by atoms with Crippen LogP contribution in [0.2, 0.25) is 0 Å². The quantitative estimate of drug-likeness (QED) is 0.885. The first-order chi connectivity index (χ1) is 10.0. The number of benzene rings is 1. The van der Waals surface area contributed by atoms with Crippen LogP contribution in [0, 0.1) is 6.92 Å². The lowest BCUT2D eigenvalue weighted by molar-refractivity contribution is 0.0675. The fourth-order valence-corrected chi connectivity index (χ4v) is 1.81. The lowest BCUT2D eigenvalue weighted by Crippen LogP contribution is -2.14. The Kier molecular flexibility index (Phi) is 4.46. The van der Waals surface area contributed by atoms with Gasteiger partial charge in [0.2, 0.25) is 0 Å². The van der Waals surface area contributed by atoms with Gasteiger partial charge in [-0.2, -0.15) is 0 Å². The molecule has 1 aromatic heterocycles. The summed E-state index contributed by atoms with van der Waals surface area (Å²) in [6, 6.07) is 7.27. The number of aryl methyl sites for hydroxylation is 1. The van der Waals surface area contributed by atoms with E-state index in [9.17, 15) is 13.6 Å². The molecule has 0 bridgehead atoms. The van der Waals surface area contributed by atoms with Crippen LogP contribution in [0.5, 0.6) is 5.75 Å². The van der Waals surface area contributed by atoms with Crippen molar-refractivity contribution in [3.8, 4) is 5.75 Å². The third-order valence-corrected chi connectivity index (χ3v) is 2.84. The molecule has 0 aliphatic heterocycles. The molecule has 0 fully saturated rings. The van der Waals surface area contributed by atoms with Crippen molar-refractivity contribution in [2.75, 3.05) is 6.61 Å². The normalized spacial score (nSPS) is 10.9. The summed E-state index contributed by atoms with van der Waals surface area (Å²) in [5, 5.41) is 15.5. The fourth-order valence-electron chi connectivity index (χ4n) is 1.81. The Labute approximate surface area is 119 Å². The molecule has 0 unspecified atom stereocenters. The Morgan fingerprint density at radius 2 is 2.14 bits per heavy atom. The lowest BCUT2D eigenvalue weighted by atomic mass is 10.2. The van der Waals surface area contributed by atoms with Crippen LogP contribution >= 0.6 is 0 Å². The SMILES string of the molecule is Cc1ccccc1OCCn1nnc(C(=O)O)c1C(F)F. The number of carboxylic acids is 1. The van der Waals surface area contributed by atoms with Gasteiger partial charge in [0.25, 0.3) is 6.43 Å². The Morgan fingerprint density at radius 1 is 1.43 bits per heavy atom. The van der Waals surface area contributed by atoms with Crippen molar-refractivity contribution >= 4 is 5.97 Å². The number of alkyl halides is 2. The largest absolute Gasteiger partial charge is 0.491 e. The highest BCUT2D eigenvalue weighted by molar-refractivity contribution is 5.86. The molecule has 8 heteroatoms. The Hall–Kier alpha value is -2.51. The molecule has 0 aliphatic rings. The maximum absolute atomic E-state index is 12.9. The number of carbonyl (C=O) groups is 1. The highest BCUT2D eigenvalue weighted by atomic mass is 19.3. The van der Waals surface area contributed by atoms with Crippen LogP contribution in [0.1, 0.15) is 28.2 Å². The van der Waals surface area contributed by atoms with E-state index in [1.807, 2.05) is 19.1 Å². The zero-order chi connectivity index (χ0) is 15.4. The zero-order valence-corrected chi connectivity index (χ0v) is 11.2. The average Bonchev–Trinajstić information content (AvgIpc) is 2.85. The van der Waals surface area contributed by atoms with Gasteiger partial charge in [-0.15, -0.1) is 5.10 Å². The number of hydrogen-bond donors (Lipinski definition) is 1. The fraction of sp³-hybridized carbons (Fsp3) is 0.308. The van der Waals surface area contributed by atoms with Crippen molar-refractivity contribution in [2.45, 2.75) is 19.9 Å². The van der Waals surface area contributed by atoms with Gasteiger partial charge in [0.15, 0.2) is 5.69 Å². The monoisotopic (exact) mass is 297 g/mol. The van der Waals surface area contributed by atoms with E-state index < -0.39 is 23.8 Å². The minimum absolute atomic E-state index is 0.0196. The van der Waals surface area contributed by atoms with Crippen LogP contribution in [0.3, 0.4) is 0 Å². The second-order valence-electron chi connectivity index (χ2n) is 4.27. The summed E-state index contributed by atoms with van der Waals surface area (Å²) < 4.78 is 32.1. The molecular formula is C13H13F2N3O3. The van der Waals surface area contributed by atoms with Gasteiger partial charge in [-0.25, -0.2) is 18.3 Å². The van der Waals surface area contributed by atoms with Gasteiger partial charge < -0.3 is 9.84 Å². The maximum atomic E-state index is 12.9. The Bertz CT molecular complexity index is 643. The number of aromatic nitrogens is 3. The zero-order valence-electron chi connectivity index (χ0n) is 11.2. The molecule has 0 amide bonds. The standard InChI is InChI=1S/C13H13F2N3O3/c1-8-4-2-3-5-9(8)21-7-6-18-11(12(14)15)10(13(19)20)16-17-18/h2-5,12H,6-7H2,1H3,(H,19,20). The van der Waals surface area contributed by atoms with E-state index in [0.29, 0.717) is 5.75 Å². The van der Waals surface area contributed by atoms with E-state index in [2.05, 4.69) is 10.3 Å². The molecule has 112 valence electrons. The highest BCUT2D eigenvalue weighted by Gasteiger charge is 2.26. The molecule has 0 spiro atoms. The third-order valence-electron chi connectivity index (χ3n) is 2.84. The van der Waals surface area contributed by atoms with Crippen molar-refractivity contribution in [2.24, 2.45) is 0 Å². The molecule has 21 heavy (non-hydrogen) atoms. The van der Waals surface area contributed by atoms with E-state index in [0.717, 1.165) is 10.2 Å². The molecule has 0 radical (unpaired) electrons. The summed E-state index contributed by atoms with van der Waals surface area (Å²) in [5.41, 5.74) is -0.534. The number of ether oxygens (including phenoxy) is 1. The van der Waals surface area contributed by atoms with Crippen LogP contribution in [-0.4, -0.2) is 32.7 Å². The van der Waals surface area contributed by atoms with E-state index in [-0.39, 0.29) is 13.2 Å². The van der Waals surface area contributed by atoms with Crippen LogP contribution in [0.15, 0.2) is 24.3 Å². The summed E-state index contributed by atoms with van der Waals surface area (Å²) >= 11 is 0. The molecule has 1 aromatic carbocycles. The number of hydrogen-bond acceptors (Lipinski definition) is 4. The molecule has 6 nitrogen and oxygen atoms in total. The number of para-hydroxylation sites is 1. The van der Waals surface area contributed by atoms with Gasteiger partial charge >= 0.3 is 5.97 Å². The molecule has 2 rings (SSSR count). The van der Waals surface area contributed by atoms with Crippen LogP contribution in [0.4, 0.5) is 8.78 Å². The number of aromatic carboxylic acids is 1. The van der Waals surface area contributed by atoms with E-state index in [4.69, 9.17) is 9.84 Å². The number of halogens is 2. The molecule has 1 N–H and O–H groups in total. The first kappa shape index (κ1) is 14.9. The molecule has 0 aliphatic carbocycles. The lowest BCUT2D eigenvalue weighted by Gasteiger charge is -2.10. The van der Waals surface area contributed by atoms with Gasteiger partial charge in [-0.3, -0.25) is 0 Å². The van der Waals surface area contributed by atoms with E-state index >= 15 is 0 Å². The van der Waals surface area contributed by atoms with Crippen molar-refractivity contribution < 1.29 is 23.4 Å². The number of carboxylic acid groups (broad SMARTS) is 1. The van der Waals surface area contributed by atoms with Crippen LogP contribution in [0.25, 0.3) is 0 Å². The Balaban J connectivity index is 2.07. The summed E-state index contributed by atoms with van der Waals surface area (Å²) in [6.45, 7) is 1.92. The highest BCUT2D eigenvalue weighted by Crippen LogP contribution is 2.21. The minimum atomic E-state index is -2.97. The van der Waals surface area contributed by atoms with Crippen molar-refractivity contribution in [3.63, 3.8) is 0 Å². The summed E-state index contributed by atoms with van der Waals surface area (Å²) in [6.07, 6.45) is -2.97. The van der Waals surface area contributed by atoms with E-state index in [1.54, 1.807) is 12.1 Å². The predicted octanol–water partition coefficient (Wildman–Crippen LogP) is 2.30. The minimum Gasteiger partial charge on any atom is -0.491 e. The average molecular weight is 297 g/mol. The summed E-state index contributed by atoms with van der Waals surface area (Å²) in [5.74, 6) is -0.897. The van der Waals surface area contributed by atoms with Gasteiger partial charge in [0, 0.05) is 0 Å². The smallest absolute Gasteiger partial charge is 0.358 e. The van der Waals surface area contributed by atoms with E-state index in [1.165, 1.54) is 0 Å².